The van der Waals surface area contributed by atoms with E-state index in [9.17, 15) is 4.79 Å². The Hall–Kier alpha value is -2.40. The van der Waals surface area contributed by atoms with Crippen LogP contribution >= 0.6 is 0 Å². The number of hydrogen-bond acceptors (Lipinski definition) is 4. The predicted molar refractivity (Wildman–Crippen MR) is 76.3 cm³/mol. The van der Waals surface area contributed by atoms with Gasteiger partial charge in [-0.05, 0) is 29.3 Å². The van der Waals surface area contributed by atoms with Crippen molar-refractivity contribution in [2.24, 2.45) is 5.73 Å². The Kier molecular flexibility index (Phi) is 4.68. The van der Waals surface area contributed by atoms with Crippen LogP contribution in [0.3, 0.4) is 0 Å². The molecule has 1 amide bonds. The number of primary amides is 1. The van der Waals surface area contributed by atoms with E-state index >= 15 is 0 Å². The van der Waals surface area contributed by atoms with Gasteiger partial charge >= 0.3 is 0 Å². The maximum absolute atomic E-state index is 11.0. The molecular formula is C15H17N3O2. The van der Waals surface area contributed by atoms with E-state index in [1.54, 1.807) is 25.4 Å². The van der Waals surface area contributed by atoms with Crippen LogP contribution in [0.1, 0.15) is 21.5 Å². The lowest BCUT2D eigenvalue weighted by atomic mass is 10.1. The van der Waals surface area contributed by atoms with Gasteiger partial charge in [0.2, 0.25) is 11.8 Å². The van der Waals surface area contributed by atoms with E-state index < -0.39 is 5.91 Å². The molecule has 0 atom stereocenters. The lowest BCUT2D eigenvalue weighted by Crippen LogP contribution is -2.14. The Morgan fingerprint density at radius 2 is 1.90 bits per heavy atom. The highest BCUT2D eigenvalue weighted by Gasteiger charge is 2.00. The Labute approximate surface area is 117 Å². The first-order valence-corrected chi connectivity index (χ1v) is 6.27. The molecular weight excluding hydrogens is 254 g/mol. The van der Waals surface area contributed by atoms with E-state index in [0.717, 1.165) is 17.7 Å². The smallest absolute Gasteiger partial charge is 0.248 e. The number of ether oxygens (including phenoxy) is 1. The number of nitrogens with two attached hydrogens (primary N) is 1. The summed E-state index contributed by atoms with van der Waals surface area (Å²) in [4.78, 5) is 15.0. The van der Waals surface area contributed by atoms with Crippen molar-refractivity contribution in [2.45, 2.75) is 13.1 Å². The molecule has 1 heterocycles. The van der Waals surface area contributed by atoms with Crippen molar-refractivity contribution in [1.29, 1.82) is 0 Å². The summed E-state index contributed by atoms with van der Waals surface area (Å²) in [6, 6.07) is 11.1. The van der Waals surface area contributed by atoms with Crippen molar-refractivity contribution < 1.29 is 9.53 Å². The topological polar surface area (TPSA) is 77.2 Å². The van der Waals surface area contributed by atoms with Crippen molar-refractivity contribution in [1.82, 2.24) is 10.3 Å². The van der Waals surface area contributed by atoms with E-state index in [4.69, 9.17) is 10.5 Å². The molecule has 2 aromatic rings. The Morgan fingerprint density at radius 3 is 2.55 bits per heavy atom. The molecule has 0 aliphatic carbocycles. The van der Waals surface area contributed by atoms with Crippen LogP contribution < -0.4 is 15.8 Å². The number of nitrogens with zero attached hydrogens (tertiary/aromatic N) is 1. The summed E-state index contributed by atoms with van der Waals surface area (Å²) < 4.78 is 5.07. The van der Waals surface area contributed by atoms with Gasteiger partial charge in [0.05, 0.1) is 7.11 Å². The second-order valence-corrected chi connectivity index (χ2v) is 4.37. The molecule has 0 spiro atoms. The van der Waals surface area contributed by atoms with Gasteiger partial charge in [-0.25, -0.2) is 4.98 Å². The summed E-state index contributed by atoms with van der Waals surface area (Å²) in [5.74, 6) is 0.198. The van der Waals surface area contributed by atoms with E-state index in [1.165, 1.54) is 0 Å². The third kappa shape index (κ3) is 3.80. The van der Waals surface area contributed by atoms with Crippen molar-refractivity contribution in [2.75, 3.05) is 7.11 Å². The predicted octanol–water partition coefficient (Wildman–Crippen LogP) is 1.48. The van der Waals surface area contributed by atoms with Crippen molar-refractivity contribution in [3.05, 3.63) is 59.3 Å². The molecule has 2 rings (SSSR count). The van der Waals surface area contributed by atoms with Crippen LogP contribution in [0.4, 0.5) is 0 Å². The molecule has 0 bridgehead atoms. The minimum absolute atomic E-state index is 0.409. The molecule has 0 aliphatic rings. The maximum Gasteiger partial charge on any atom is 0.248 e. The van der Waals surface area contributed by atoms with Crippen LogP contribution in [0.5, 0.6) is 5.88 Å². The van der Waals surface area contributed by atoms with Gasteiger partial charge in [-0.1, -0.05) is 12.1 Å². The van der Waals surface area contributed by atoms with Gasteiger partial charge in [-0.3, -0.25) is 4.79 Å². The summed E-state index contributed by atoms with van der Waals surface area (Å²) in [5, 5.41) is 3.32. The van der Waals surface area contributed by atoms with Gasteiger partial charge in [-0.2, -0.15) is 0 Å². The summed E-state index contributed by atoms with van der Waals surface area (Å²) in [6.07, 6.45) is 1.72. The van der Waals surface area contributed by atoms with E-state index in [0.29, 0.717) is 18.0 Å². The van der Waals surface area contributed by atoms with Crippen molar-refractivity contribution in [3.8, 4) is 5.88 Å². The normalized spacial score (nSPS) is 10.2. The zero-order chi connectivity index (χ0) is 14.4. The fourth-order valence-corrected chi connectivity index (χ4v) is 1.81. The summed E-state index contributed by atoms with van der Waals surface area (Å²) in [6.45, 7) is 1.43. The minimum Gasteiger partial charge on any atom is -0.481 e. The molecule has 0 saturated heterocycles. The first kappa shape index (κ1) is 14.0. The number of rotatable bonds is 6. The van der Waals surface area contributed by atoms with Crippen molar-refractivity contribution in [3.63, 3.8) is 0 Å². The van der Waals surface area contributed by atoms with Crippen LogP contribution in [0.15, 0.2) is 42.6 Å². The number of nitrogens with one attached hydrogen (secondary N) is 1. The number of pyridine rings is 1. The third-order valence-corrected chi connectivity index (χ3v) is 2.91. The number of amides is 1. The largest absolute Gasteiger partial charge is 0.481 e. The lowest BCUT2D eigenvalue weighted by Gasteiger charge is -2.06. The minimum atomic E-state index is -0.409. The number of hydrogen-bond donors (Lipinski definition) is 2. The standard InChI is InChI=1S/C15H17N3O2/c1-20-14-8-12(6-7-18-14)10-17-9-11-2-4-13(5-3-11)15(16)19/h2-8,17H,9-10H2,1H3,(H2,16,19). The third-order valence-electron chi connectivity index (χ3n) is 2.91. The molecule has 0 unspecified atom stereocenters. The molecule has 0 saturated carbocycles. The van der Waals surface area contributed by atoms with Gasteiger partial charge in [0.25, 0.3) is 0 Å². The zero-order valence-electron chi connectivity index (χ0n) is 11.3. The van der Waals surface area contributed by atoms with Gasteiger partial charge in [0, 0.05) is 30.9 Å². The number of benzene rings is 1. The van der Waals surface area contributed by atoms with E-state index in [2.05, 4.69) is 10.3 Å². The molecule has 104 valence electrons. The number of carbonyl (C=O) groups excluding carboxylic acids is 1. The highest BCUT2D eigenvalue weighted by atomic mass is 16.5. The SMILES string of the molecule is COc1cc(CNCc2ccc(C(N)=O)cc2)ccn1. The molecule has 1 aromatic heterocycles. The second kappa shape index (κ2) is 6.68. The number of aromatic nitrogens is 1. The Bertz CT molecular complexity index is 582. The fraction of sp³-hybridized carbons (Fsp3) is 0.200. The first-order chi connectivity index (χ1) is 9.69. The second-order valence-electron chi connectivity index (χ2n) is 4.37. The number of methoxy groups -OCH3 is 1. The molecule has 5 heteroatoms. The zero-order valence-corrected chi connectivity index (χ0v) is 11.3. The molecule has 20 heavy (non-hydrogen) atoms. The number of carbonyl (C=O) groups is 1. The molecule has 5 nitrogen and oxygen atoms in total. The first-order valence-electron chi connectivity index (χ1n) is 6.27. The Morgan fingerprint density at radius 1 is 1.20 bits per heavy atom. The average molecular weight is 271 g/mol. The van der Waals surface area contributed by atoms with Crippen LogP contribution in [-0.2, 0) is 13.1 Å². The van der Waals surface area contributed by atoms with E-state index in [1.807, 2.05) is 24.3 Å². The maximum atomic E-state index is 11.0. The summed E-state index contributed by atoms with van der Waals surface area (Å²) in [5.41, 5.74) is 7.91. The average Bonchev–Trinajstić information content (AvgIpc) is 2.48. The van der Waals surface area contributed by atoms with Gasteiger partial charge in [0.1, 0.15) is 0 Å². The van der Waals surface area contributed by atoms with Gasteiger partial charge in [-0.15, -0.1) is 0 Å². The molecule has 0 fully saturated rings. The summed E-state index contributed by atoms with van der Waals surface area (Å²) >= 11 is 0. The highest BCUT2D eigenvalue weighted by Crippen LogP contribution is 2.09. The quantitative estimate of drug-likeness (QED) is 0.834. The van der Waals surface area contributed by atoms with Crippen molar-refractivity contribution >= 4 is 5.91 Å². The van der Waals surface area contributed by atoms with Crippen LogP contribution in [0.25, 0.3) is 0 Å². The highest BCUT2D eigenvalue weighted by molar-refractivity contribution is 5.92. The lowest BCUT2D eigenvalue weighted by molar-refractivity contribution is 0.100. The fourth-order valence-electron chi connectivity index (χ4n) is 1.81. The van der Waals surface area contributed by atoms with E-state index in [-0.39, 0.29) is 0 Å². The van der Waals surface area contributed by atoms with Gasteiger partial charge < -0.3 is 15.8 Å². The molecule has 0 radical (unpaired) electrons. The monoisotopic (exact) mass is 271 g/mol. The molecule has 0 aliphatic heterocycles. The Balaban J connectivity index is 1.87. The van der Waals surface area contributed by atoms with Crippen LogP contribution in [-0.4, -0.2) is 18.0 Å². The van der Waals surface area contributed by atoms with Crippen LogP contribution in [0.2, 0.25) is 0 Å². The van der Waals surface area contributed by atoms with Crippen LogP contribution in [0, 0.1) is 0 Å². The molecule has 1 aromatic carbocycles. The molecule has 3 N–H and O–H groups in total. The summed E-state index contributed by atoms with van der Waals surface area (Å²) in [7, 11) is 1.60. The van der Waals surface area contributed by atoms with Gasteiger partial charge in [0.15, 0.2) is 0 Å².